The summed E-state index contributed by atoms with van der Waals surface area (Å²) in [5.74, 6) is 1.86. The standard InChI is InChI=1S/C15H19N3O4/c19-10-2-1-9-5-6-18(13(9)10)15(20)17-12-4-3-11-14(16-12)22-8-7-21-11/h3-4,9-10,13,19H,1-2,5-8H2,(H,16,17,20)/t9-,10+,13+/m0/s1. The lowest BCUT2D eigenvalue weighted by atomic mass is 10.0. The second kappa shape index (κ2) is 5.31. The molecule has 3 aliphatic rings. The van der Waals surface area contributed by atoms with Crippen molar-refractivity contribution < 1.29 is 19.4 Å². The zero-order valence-corrected chi connectivity index (χ0v) is 12.2. The van der Waals surface area contributed by atoms with Crippen molar-refractivity contribution in [2.45, 2.75) is 31.4 Å². The highest BCUT2D eigenvalue weighted by atomic mass is 16.6. The summed E-state index contributed by atoms with van der Waals surface area (Å²) in [5.41, 5.74) is 0. The van der Waals surface area contributed by atoms with Gasteiger partial charge in [0.1, 0.15) is 19.0 Å². The fourth-order valence-electron chi connectivity index (χ4n) is 3.69. The Kier molecular flexibility index (Phi) is 3.29. The van der Waals surface area contributed by atoms with Gasteiger partial charge in [-0.25, -0.2) is 4.79 Å². The number of nitrogens with one attached hydrogen (secondary N) is 1. The van der Waals surface area contributed by atoms with E-state index in [0.29, 0.717) is 43.1 Å². The van der Waals surface area contributed by atoms with Crippen LogP contribution in [0.4, 0.5) is 10.6 Å². The molecule has 0 radical (unpaired) electrons. The lowest BCUT2D eigenvalue weighted by molar-refractivity contribution is 0.101. The monoisotopic (exact) mass is 305 g/mol. The van der Waals surface area contributed by atoms with Crippen molar-refractivity contribution >= 4 is 11.8 Å². The van der Waals surface area contributed by atoms with E-state index in [1.807, 2.05) is 0 Å². The number of carbonyl (C=O) groups excluding carboxylic acids is 1. The molecule has 1 aromatic heterocycles. The Morgan fingerprint density at radius 1 is 1.27 bits per heavy atom. The zero-order valence-electron chi connectivity index (χ0n) is 12.2. The third kappa shape index (κ3) is 2.25. The van der Waals surface area contributed by atoms with Crippen molar-refractivity contribution in [3.63, 3.8) is 0 Å². The second-order valence-corrected chi connectivity index (χ2v) is 6.00. The summed E-state index contributed by atoms with van der Waals surface area (Å²) in [6.07, 6.45) is 2.33. The summed E-state index contributed by atoms with van der Waals surface area (Å²) in [7, 11) is 0. The van der Waals surface area contributed by atoms with Crippen LogP contribution in [0, 0.1) is 5.92 Å². The molecule has 1 aliphatic carbocycles. The van der Waals surface area contributed by atoms with Crippen LogP contribution in [0.2, 0.25) is 0 Å². The van der Waals surface area contributed by atoms with Crippen LogP contribution in [0.1, 0.15) is 19.3 Å². The number of amides is 2. The van der Waals surface area contributed by atoms with Crippen LogP contribution in [-0.4, -0.2) is 52.9 Å². The minimum absolute atomic E-state index is 0.0581. The van der Waals surface area contributed by atoms with E-state index in [4.69, 9.17) is 9.47 Å². The molecule has 22 heavy (non-hydrogen) atoms. The average molecular weight is 305 g/mol. The van der Waals surface area contributed by atoms with Crippen molar-refractivity contribution in [2.24, 2.45) is 5.92 Å². The molecule has 118 valence electrons. The largest absolute Gasteiger partial charge is 0.484 e. The number of likely N-dealkylation sites (tertiary alicyclic amines) is 1. The van der Waals surface area contributed by atoms with Crippen LogP contribution in [0.5, 0.6) is 11.6 Å². The Labute approximate surface area is 128 Å². The molecule has 3 atom stereocenters. The van der Waals surface area contributed by atoms with Gasteiger partial charge in [-0.2, -0.15) is 4.98 Å². The molecule has 2 fully saturated rings. The van der Waals surface area contributed by atoms with Crippen LogP contribution in [-0.2, 0) is 0 Å². The maximum absolute atomic E-state index is 12.5. The molecule has 2 N–H and O–H groups in total. The number of nitrogens with zero attached hydrogens (tertiary/aromatic N) is 2. The number of aliphatic hydroxyl groups excluding tert-OH is 1. The number of ether oxygens (including phenoxy) is 2. The Bertz CT molecular complexity index is 594. The van der Waals surface area contributed by atoms with Crippen molar-refractivity contribution in [1.29, 1.82) is 0 Å². The number of anilines is 1. The molecule has 0 bridgehead atoms. The van der Waals surface area contributed by atoms with E-state index < -0.39 is 6.10 Å². The van der Waals surface area contributed by atoms with E-state index in [1.165, 1.54) is 0 Å². The summed E-state index contributed by atoms with van der Waals surface area (Å²) < 4.78 is 10.8. The first kappa shape index (κ1) is 13.6. The van der Waals surface area contributed by atoms with Crippen LogP contribution in [0.3, 0.4) is 0 Å². The average Bonchev–Trinajstić information content (AvgIpc) is 3.10. The maximum Gasteiger partial charge on any atom is 0.323 e. The lowest BCUT2D eigenvalue weighted by Crippen LogP contribution is -2.44. The maximum atomic E-state index is 12.5. The summed E-state index contributed by atoms with van der Waals surface area (Å²) in [5, 5.41) is 12.9. The normalized spacial score (nSPS) is 29.3. The van der Waals surface area contributed by atoms with Gasteiger partial charge in [-0.15, -0.1) is 0 Å². The molecule has 1 saturated carbocycles. The third-order valence-corrected chi connectivity index (χ3v) is 4.71. The van der Waals surface area contributed by atoms with E-state index in [9.17, 15) is 9.90 Å². The number of hydrogen-bond acceptors (Lipinski definition) is 5. The zero-order chi connectivity index (χ0) is 15.1. The van der Waals surface area contributed by atoms with Crippen LogP contribution >= 0.6 is 0 Å². The summed E-state index contributed by atoms with van der Waals surface area (Å²) >= 11 is 0. The van der Waals surface area contributed by atoms with E-state index in [0.717, 1.165) is 19.3 Å². The molecule has 0 unspecified atom stereocenters. The molecule has 2 amide bonds. The van der Waals surface area contributed by atoms with E-state index in [1.54, 1.807) is 17.0 Å². The summed E-state index contributed by atoms with van der Waals surface area (Å²) in [6, 6.07) is 3.17. The Balaban J connectivity index is 1.48. The summed E-state index contributed by atoms with van der Waals surface area (Å²) in [6.45, 7) is 1.65. The quantitative estimate of drug-likeness (QED) is 0.815. The van der Waals surface area contributed by atoms with Gasteiger partial charge in [0.25, 0.3) is 5.88 Å². The fourth-order valence-corrected chi connectivity index (χ4v) is 3.69. The second-order valence-electron chi connectivity index (χ2n) is 6.00. The Morgan fingerprint density at radius 2 is 2.14 bits per heavy atom. The number of rotatable bonds is 1. The highest BCUT2D eigenvalue weighted by molar-refractivity contribution is 5.89. The van der Waals surface area contributed by atoms with Gasteiger partial charge in [-0.05, 0) is 37.3 Å². The molecule has 3 heterocycles. The highest BCUT2D eigenvalue weighted by Gasteiger charge is 2.45. The van der Waals surface area contributed by atoms with Gasteiger partial charge < -0.3 is 19.5 Å². The van der Waals surface area contributed by atoms with Crippen molar-refractivity contribution in [3.8, 4) is 11.6 Å². The minimum atomic E-state index is -0.411. The molecule has 4 rings (SSSR count). The van der Waals surface area contributed by atoms with E-state index in [-0.39, 0.29) is 12.1 Å². The number of pyridine rings is 1. The molecule has 7 heteroatoms. The van der Waals surface area contributed by atoms with Crippen molar-refractivity contribution in [2.75, 3.05) is 25.1 Å². The van der Waals surface area contributed by atoms with E-state index in [2.05, 4.69) is 10.3 Å². The highest BCUT2D eigenvalue weighted by Crippen LogP contribution is 2.38. The predicted octanol–water partition coefficient (Wildman–Crippen LogP) is 1.23. The van der Waals surface area contributed by atoms with E-state index >= 15 is 0 Å². The summed E-state index contributed by atoms with van der Waals surface area (Å²) in [4.78, 5) is 18.5. The molecule has 1 aromatic rings. The molecule has 0 aromatic carbocycles. The van der Waals surface area contributed by atoms with Crippen molar-refractivity contribution in [3.05, 3.63) is 12.1 Å². The third-order valence-electron chi connectivity index (χ3n) is 4.71. The number of aromatic nitrogens is 1. The van der Waals surface area contributed by atoms with Gasteiger partial charge in [0.15, 0.2) is 5.75 Å². The van der Waals surface area contributed by atoms with Gasteiger partial charge in [0, 0.05) is 6.54 Å². The van der Waals surface area contributed by atoms with Gasteiger partial charge in [-0.3, -0.25) is 5.32 Å². The number of urea groups is 1. The first-order chi connectivity index (χ1) is 10.7. The number of aliphatic hydroxyl groups is 1. The van der Waals surface area contributed by atoms with Crippen molar-refractivity contribution in [1.82, 2.24) is 9.88 Å². The Hall–Kier alpha value is -2.02. The van der Waals surface area contributed by atoms with Gasteiger partial charge in [-0.1, -0.05) is 0 Å². The minimum Gasteiger partial charge on any atom is -0.484 e. The SMILES string of the molecule is O=C(Nc1ccc2c(n1)OCCO2)N1CC[C@@H]2CC[C@@H](O)[C@@H]21. The molecule has 1 saturated heterocycles. The first-order valence-electron chi connectivity index (χ1n) is 7.75. The molecule has 7 nitrogen and oxygen atoms in total. The Morgan fingerprint density at radius 3 is 3.05 bits per heavy atom. The molecular weight excluding hydrogens is 286 g/mol. The van der Waals surface area contributed by atoms with Crippen LogP contribution < -0.4 is 14.8 Å². The van der Waals surface area contributed by atoms with Gasteiger partial charge in [0.05, 0.1) is 12.1 Å². The van der Waals surface area contributed by atoms with Crippen LogP contribution in [0.25, 0.3) is 0 Å². The number of hydrogen-bond donors (Lipinski definition) is 2. The smallest absolute Gasteiger partial charge is 0.323 e. The van der Waals surface area contributed by atoms with Gasteiger partial charge in [0.2, 0.25) is 0 Å². The molecule has 0 spiro atoms. The topological polar surface area (TPSA) is 83.9 Å². The number of fused-ring (bicyclic) bond motifs is 2. The fraction of sp³-hybridized carbons (Fsp3) is 0.600. The van der Waals surface area contributed by atoms with Crippen LogP contribution in [0.15, 0.2) is 12.1 Å². The van der Waals surface area contributed by atoms with Gasteiger partial charge >= 0.3 is 6.03 Å². The molecular formula is C15H19N3O4. The number of carbonyl (C=O) groups is 1. The molecule has 2 aliphatic heterocycles. The predicted molar refractivity (Wildman–Crippen MR) is 78.1 cm³/mol. The lowest BCUT2D eigenvalue weighted by Gasteiger charge is -2.27. The first-order valence-corrected chi connectivity index (χ1v) is 7.75.